The lowest BCUT2D eigenvalue weighted by molar-refractivity contribution is -2.00. The molecule has 0 saturated carbocycles. The molecule has 6 heteroatoms. The predicted molar refractivity (Wildman–Crippen MR) is 139 cm³/mol. The maximum Gasteiger partial charge on any atom is 0.213 e. The third-order valence-electron chi connectivity index (χ3n) is 6.47. The monoisotopic (exact) mass is 527 g/mol. The summed E-state index contributed by atoms with van der Waals surface area (Å²) in [6, 6.07) is 39.6. The fraction of sp³-hybridized carbons (Fsp3) is 0.156. The first-order valence-corrected chi connectivity index (χ1v) is 13.8. The van der Waals surface area contributed by atoms with Crippen LogP contribution >= 0.6 is 0 Å². The van der Waals surface area contributed by atoms with E-state index in [0.717, 1.165) is 13.0 Å². The summed E-state index contributed by atoms with van der Waals surface area (Å²) in [6.07, 6.45) is 2.32. The summed E-state index contributed by atoms with van der Waals surface area (Å²) in [5, 5.41) is 0. The Morgan fingerprint density at radius 2 is 1.03 bits per heavy atom. The fourth-order valence-electron chi connectivity index (χ4n) is 4.77. The number of hydrogen-bond acceptors (Lipinski definition) is 4. The molecule has 0 atom stereocenters. The predicted octanol–water partition coefficient (Wildman–Crippen LogP) is 3.43. The molecule has 0 aliphatic heterocycles. The highest BCUT2D eigenvalue weighted by molar-refractivity contribution is 5.90. The Morgan fingerprint density at radius 1 is 0.579 bits per heavy atom. The van der Waals surface area contributed by atoms with Gasteiger partial charge in [-0.1, -0.05) is 86.1 Å². The Kier molecular flexibility index (Phi) is 8.89. The van der Waals surface area contributed by atoms with Crippen molar-refractivity contribution < 1.29 is 33.4 Å². The Balaban J connectivity index is 0.000000617. The van der Waals surface area contributed by atoms with Gasteiger partial charge < -0.3 is 0 Å². The van der Waals surface area contributed by atoms with Crippen molar-refractivity contribution in [2.75, 3.05) is 0 Å². The van der Waals surface area contributed by atoms with Gasteiger partial charge in [0.2, 0.25) is 11.4 Å². The standard InChI is InChI=1S/C32H30N.ClHO4/c1-3-4-20-33-31(25-14-8-5-9-15-25)22-27(23-32(33)26-16-10-6-11-17-26)30-21-24(2)28-18-12-7-13-19-29(28)30;2-1(3,4)5/h5-19,21-23H,3-4,20H2,1-2H3;(H,2,3,4,5)/q+1;/p-1. The molecule has 0 unspecified atom stereocenters. The SMILES string of the molecule is CCCC[n+]1c(-c2ccccc2)cc(-c2cc(C)c3cccccc2-3)cc1-c1ccccc1.[O-][Cl+3]([O-])([O-])[O-]. The number of fused-ring (bicyclic) bond motifs is 1. The van der Waals surface area contributed by atoms with Gasteiger partial charge in [-0.25, -0.2) is 18.6 Å². The lowest BCUT2D eigenvalue weighted by atomic mass is 9.97. The molecule has 194 valence electrons. The minimum atomic E-state index is -4.94. The summed E-state index contributed by atoms with van der Waals surface area (Å²) in [6.45, 7) is 5.48. The minimum Gasteiger partial charge on any atom is -0.222 e. The zero-order chi connectivity index (χ0) is 27.1. The smallest absolute Gasteiger partial charge is 0.213 e. The van der Waals surface area contributed by atoms with Crippen molar-refractivity contribution in [1.82, 2.24) is 0 Å². The van der Waals surface area contributed by atoms with Crippen LogP contribution in [0.2, 0.25) is 0 Å². The van der Waals surface area contributed by atoms with Crippen LogP contribution < -0.4 is 23.2 Å². The van der Waals surface area contributed by atoms with Gasteiger partial charge in [0.05, 0.1) is 0 Å². The van der Waals surface area contributed by atoms with Crippen LogP contribution in [0.15, 0.2) is 109 Å². The number of hydrogen-bond donors (Lipinski definition) is 0. The third-order valence-corrected chi connectivity index (χ3v) is 6.47. The van der Waals surface area contributed by atoms with Crippen molar-refractivity contribution in [3.05, 3.63) is 115 Å². The van der Waals surface area contributed by atoms with Crippen LogP contribution in [0.4, 0.5) is 0 Å². The van der Waals surface area contributed by atoms with Crippen LogP contribution in [0.5, 0.6) is 0 Å². The van der Waals surface area contributed by atoms with Crippen molar-refractivity contribution in [3.8, 4) is 44.8 Å². The Morgan fingerprint density at radius 3 is 1.50 bits per heavy atom. The number of nitrogens with zero attached hydrogens (tertiary/aromatic N) is 1. The molecule has 2 aromatic carbocycles. The summed E-state index contributed by atoms with van der Waals surface area (Å²) in [4.78, 5) is 0. The van der Waals surface area contributed by atoms with Crippen molar-refractivity contribution in [2.45, 2.75) is 33.2 Å². The molecule has 5 nitrogen and oxygen atoms in total. The third kappa shape index (κ3) is 6.84. The molecular weight excluding hydrogens is 498 g/mol. The lowest BCUT2D eigenvalue weighted by Gasteiger charge is -2.17. The Labute approximate surface area is 226 Å². The van der Waals surface area contributed by atoms with E-state index >= 15 is 0 Å². The van der Waals surface area contributed by atoms with Gasteiger partial charge in [0.25, 0.3) is 0 Å². The topological polar surface area (TPSA) is 96.1 Å². The number of pyridine rings is 1. The molecule has 0 spiro atoms. The summed E-state index contributed by atoms with van der Waals surface area (Å²) >= 11 is 0. The molecule has 0 amide bonds. The number of halogens is 1. The molecule has 0 fully saturated rings. The maximum atomic E-state index is 8.49. The van der Waals surface area contributed by atoms with Gasteiger partial charge in [0.1, 0.15) is 6.54 Å². The second-order valence-electron chi connectivity index (χ2n) is 9.11. The van der Waals surface area contributed by atoms with Gasteiger partial charge in [-0.15, -0.1) is 10.2 Å². The second kappa shape index (κ2) is 12.3. The van der Waals surface area contributed by atoms with E-state index in [4.69, 9.17) is 18.6 Å². The fourth-order valence-corrected chi connectivity index (χ4v) is 4.77. The van der Waals surface area contributed by atoms with Crippen molar-refractivity contribution in [2.24, 2.45) is 0 Å². The summed E-state index contributed by atoms with van der Waals surface area (Å²) in [5.41, 5.74) is 11.6. The van der Waals surface area contributed by atoms with Gasteiger partial charge in [-0.3, -0.25) is 0 Å². The van der Waals surface area contributed by atoms with E-state index in [1.807, 2.05) is 0 Å². The molecule has 0 saturated heterocycles. The zero-order valence-electron chi connectivity index (χ0n) is 21.5. The number of aryl methyl sites for hydroxylation is 1. The Bertz CT molecular complexity index is 1380. The van der Waals surface area contributed by atoms with E-state index in [0.29, 0.717) is 0 Å². The lowest BCUT2D eigenvalue weighted by Crippen LogP contribution is -2.68. The molecule has 2 aliphatic rings. The highest BCUT2D eigenvalue weighted by atomic mass is 35.7. The normalized spacial score (nSPS) is 11.2. The molecule has 0 radical (unpaired) electrons. The maximum absolute atomic E-state index is 8.49. The summed E-state index contributed by atoms with van der Waals surface area (Å²) in [5.74, 6) is 0. The molecule has 3 aromatic rings. The van der Waals surface area contributed by atoms with Gasteiger partial charge in [0, 0.05) is 29.7 Å². The van der Waals surface area contributed by atoms with E-state index in [9.17, 15) is 0 Å². The minimum absolute atomic E-state index is 1.00. The first kappa shape index (κ1) is 27.5. The van der Waals surface area contributed by atoms with E-state index < -0.39 is 10.2 Å². The van der Waals surface area contributed by atoms with Crippen LogP contribution in [0, 0.1) is 17.2 Å². The highest BCUT2D eigenvalue weighted by Gasteiger charge is 2.24. The van der Waals surface area contributed by atoms with E-state index in [1.54, 1.807) is 0 Å². The van der Waals surface area contributed by atoms with Crippen LogP contribution in [0.3, 0.4) is 0 Å². The van der Waals surface area contributed by atoms with Crippen LogP contribution in [0.1, 0.15) is 25.3 Å². The first-order chi connectivity index (χ1) is 18.3. The molecule has 0 bridgehead atoms. The number of unbranched alkanes of at least 4 members (excludes halogenated alkanes) is 1. The zero-order valence-corrected chi connectivity index (χ0v) is 22.2. The molecular formula is C32H30ClNO4. The molecule has 2 aliphatic carbocycles. The van der Waals surface area contributed by atoms with Crippen LogP contribution in [-0.4, -0.2) is 0 Å². The quantitative estimate of drug-likeness (QED) is 0.316. The highest BCUT2D eigenvalue weighted by Crippen LogP contribution is 2.40. The largest absolute Gasteiger partial charge is 0.222 e. The van der Waals surface area contributed by atoms with E-state index in [2.05, 4.69) is 128 Å². The van der Waals surface area contributed by atoms with Crippen molar-refractivity contribution in [3.63, 3.8) is 0 Å². The Hall–Kier alpha value is -3.58. The van der Waals surface area contributed by atoms with Crippen LogP contribution in [-0.2, 0) is 6.54 Å². The summed E-state index contributed by atoms with van der Waals surface area (Å²) in [7, 11) is -4.94. The molecule has 1 heterocycles. The summed E-state index contributed by atoms with van der Waals surface area (Å²) < 4.78 is 36.5. The molecule has 0 N–H and O–H groups in total. The van der Waals surface area contributed by atoms with E-state index in [1.165, 1.54) is 56.8 Å². The first-order valence-electron chi connectivity index (χ1n) is 12.6. The van der Waals surface area contributed by atoms with E-state index in [-0.39, 0.29) is 0 Å². The van der Waals surface area contributed by atoms with Gasteiger partial charge in [-0.2, -0.15) is 4.57 Å². The van der Waals surface area contributed by atoms with Crippen molar-refractivity contribution >= 4 is 0 Å². The number of rotatable bonds is 6. The van der Waals surface area contributed by atoms with Gasteiger partial charge in [0.15, 0.2) is 0 Å². The second-order valence-corrected chi connectivity index (χ2v) is 9.86. The number of benzene rings is 2. The van der Waals surface area contributed by atoms with Crippen LogP contribution in [0.25, 0.3) is 44.8 Å². The van der Waals surface area contributed by atoms with Gasteiger partial charge in [-0.05, 0) is 59.0 Å². The average molecular weight is 528 g/mol. The molecule has 1 aromatic heterocycles. The molecule has 38 heavy (non-hydrogen) atoms. The average Bonchev–Trinajstić information content (AvgIpc) is 3.06. The van der Waals surface area contributed by atoms with Gasteiger partial charge >= 0.3 is 0 Å². The number of aromatic nitrogens is 1. The van der Waals surface area contributed by atoms with Crippen molar-refractivity contribution in [1.29, 1.82) is 0 Å². The molecule has 5 rings (SSSR count).